The van der Waals surface area contributed by atoms with Crippen LogP contribution in [0.3, 0.4) is 0 Å². The standard InChI is InChI=1S/C24H31F2N5O3S/c1-5-13(3)28-18-6-12(2)17(10-27-18)20-19(23(34)31-11-24(25,26)9-14(31)4)30-22(35-20)21(33)29-15-7-16(32)8-15/h6,10,13-16,32H,5,7-9,11H2,1-4H3,(H,27,28)(H,29,33)/t13-,14+,15?,16?/m1/s1. The minimum Gasteiger partial charge on any atom is -0.393 e. The number of nitrogens with zero attached hydrogens (tertiary/aromatic N) is 3. The van der Waals surface area contributed by atoms with Gasteiger partial charge in [0.15, 0.2) is 5.01 Å². The van der Waals surface area contributed by atoms with Crippen molar-refractivity contribution in [2.24, 2.45) is 0 Å². The number of pyridine rings is 1. The Balaban J connectivity index is 1.68. The van der Waals surface area contributed by atoms with E-state index in [0.717, 1.165) is 28.2 Å². The molecule has 8 nitrogen and oxygen atoms in total. The highest BCUT2D eigenvalue weighted by atomic mass is 32.1. The van der Waals surface area contributed by atoms with Crippen molar-refractivity contribution in [3.05, 3.63) is 28.5 Å². The smallest absolute Gasteiger partial charge is 0.280 e. The number of halogens is 2. The maximum atomic E-state index is 14.0. The molecular weight excluding hydrogens is 476 g/mol. The van der Waals surface area contributed by atoms with Crippen LogP contribution in [-0.4, -0.2) is 68.5 Å². The average molecular weight is 508 g/mol. The number of nitrogens with one attached hydrogen (secondary N) is 2. The van der Waals surface area contributed by atoms with Gasteiger partial charge in [0.05, 0.1) is 17.5 Å². The molecule has 35 heavy (non-hydrogen) atoms. The second-order valence-corrected chi connectivity index (χ2v) is 10.7. The number of thiazole rings is 1. The number of aromatic nitrogens is 2. The van der Waals surface area contributed by atoms with E-state index in [-0.39, 0.29) is 22.8 Å². The summed E-state index contributed by atoms with van der Waals surface area (Å²) in [7, 11) is 0. The van der Waals surface area contributed by atoms with Crippen LogP contribution in [0.15, 0.2) is 12.3 Å². The van der Waals surface area contributed by atoms with E-state index < -0.39 is 42.8 Å². The van der Waals surface area contributed by atoms with Crippen LogP contribution in [0.4, 0.5) is 14.6 Å². The molecule has 1 aliphatic heterocycles. The third-order valence-corrected chi connectivity index (χ3v) is 7.71. The van der Waals surface area contributed by atoms with E-state index in [2.05, 4.69) is 27.5 Å². The molecule has 2 aliphatic rings. The molecule has 1 saturated carbocycles. The third kappa shape index (κ3) is 5.45. The number of likely N-dealkylation sites (tertiary alicyclic amines) is 1. The van der Waals surface area contributed by atoms with E-state index in [1.54, 1.807) is 13.1 Å². The van der Waals surface area contributed by atoms with E-state index in [1.807, 2.05) is 19.9 Å². The molecule has 2 aromatic heterocycles. The summed E-state index contributed by atoms with van der Waals surface area (Å²) in [5.74, 6) is -3.35. The number of carbonyl (C=O) groups excluding carboxylic acids is 2. The zero-order chi connectivity index (χ0) is 25.5. The summed E-state index contributed by atoms with van der Waals surface area (Å²) in [5, 5.41) is 15.7. The number of amides is 2. The van der Waals surface area contributed by atoms with Crippen molar-refractivity contribution in [2.45, 2.75) is 83.5 Å². The topological polar surface area (TPSA) is 107 Å². The Morgan fingerprint density at radius 1 is 1.37 bits per heavy atom. The molecule has 0 aromatic carbocycles. The lowest BCUT2D eigenvalue weighted by Crippen LogP contribution is -2.46. The number of alkyl halides is 2. The molecule has 1 saturated heterocycles. The van der Waals surface area contributed by atoms with Crippen LogP contribution >= 0.6 is 11.3 Å². The second-order valence-electron chi connectivity index (χ2n) is 9.67. The molecule has 4 rings (SSSR count). The molecule has 1 aliphatic carbocycles. The van der Waals surface area contributed by atoms with Crippen LogP contribution in [-0.2, 0) is 0 Å². The van der Waals surface area contributed by atoms with Gasteiger partial charge in [-0.1, -0.05) is 6.92 Å². The zero-order valence-electron chi connectivity index (χ0n) is 20.3. The first-order valence-electron chi connectivity index (χ1n) is 11.9. The van der Waals surface area contributed by atoms with E-state index in [0.29, 0.717) is 29.1 Å². The number of anilines is 1. The average Bonchev–Trinajstić information content (AvgIpc) is 3.32. The van der Waals surface area contributed by atoms with Gasteiger partial charge in [-0.05, 0) is 51.7 Å². The largest absolute Gasteiger partial charge is 0.393 e. The SMILES string of the molecule is CC[C@@H](C)Nc1cc(C)c(-c2sc(C(=O)NC3CC(O)C3)nc2C(=O)N2CC(F)(F)C[C@@H]2C)cn1. The first-order chi connectivity index (χ1) is 16.5. The van der Waals surface area contributed by atoms with Crippen molar-refractivity contribution in [2.75, 3.05) is 11.9 Å². The maximum absolute atomic E-state index is 14.0. The third-order valence-electron chi connectivity index (χ3n) is 6.62. The van der Waals surface area contributed by atoms with Crippen LogP contribution in [0.5, 0.6) is 0 Å². The molecule has 2 atom stereocenters. The molecule has 2 aromatic rings. The molecule has 0 bridgehead atoms. The molecule has 0 spiro atoms. The minimum absolute atomic E-state index is 0.0223. The van der Waals surface area contributed by atoms with E-state index in [4.69, 9.17) is 0 Å². The molecule has 190 valence electrons. The fourth-order valence-electron chi connectivity index (χ4n) is 4.34. The van der Waals surface area contributed by atoms with E-state index in [1.165, 1.54) is 0 Å². The molecular formula is C24H31F2N5O3S. The monoisotopic (exact) mass is 507 g/mol. The number of aliphatic hydroxyl groups is 1. The molecule has 11 heteroatoms. The summed E-state index contributed by atoms with van der Waals surface area (Å²) in [4.78, 5) is 36.6. The first-order valence-corrected chi connectivity index (χ1v) is 12.7. The molecule has 2 amide bonds. The maximum Gasteiger partial charge on any atom is 0.280 e. The zero-order valence-corrected chi connectivity index (χ0v) is 21.1. The van der Waals surface area contributed by atoms with Crippen LogP contribution in [0.2, 0.25) is 0 Å². The number of hydrogen-bond acceptors (Lipinski definition) is 7. The molecule has 3 N–H and O–H groups in total. The van der Waals surface area contributed by atoms with Gasteiger partial charge in [-0.2, -0.15) is 0 Å². The van der Waals surface area contributed by atoms with Crippen LogP contribution in [0.25, 0.3) is 10.4 Å². The lowest BCUT2D eigenvalue weighted by molar-refractivity contribution is 0.0117. The summed E-state index contributed by atoms with van der Waals surface area (Å²) < 4.78 is 28.1. The Morgan fingerprint density at radius 2 is 2.09 bits per heavy atom. The highest BCUT2D eigenvalue weighted by Crippen LogP contribution is 2.37. The Hall–Kier alpha value is -2.66. The van der Waals surface area contributed by atoms with E-state index >= 15 is 0 Å². The predicted molar refractivity (Wildman–Crippen MR) is 130 cm³/mol. The van der Waals surface area contributed by atoms with Crippen molar-refractivity contribution in [1.29, 1.82) is 0 Å². The number of hydrogen-bond donors (Lipinski definition) is 3. The van der Waals surface area contributed by atoms with Crippen LogP contribution in [0, 0.1) is 6.92 Å². The lowest BCUT2D eigenvalue weighted by Gasteiger charge is -2.31. The fourth-order valence-corrected chi connectivity index (χ4v) is 5.38. The fraction of sp³-hybridized carbons (Fsp3) is 0.583. The van der Waals surface area contributed by atoms with Crippen molar-refractivity contribution in [3.8, 4) is 10.4 Å². The summed E-state index contributed by atoms with van der Waals surface area (Å²) in [5.41, 5.74) is 1.42. The van der Waals surface area contributed by atoms with Gasteiger partial charge in [0.25, 0.3) is 17.7 Å². The van der Waals surface area contributed by atoms with Crippen LogP contribution < -0.4 is 10.6 Å². The quantitative estimate of drug-likeness (QED) is 0.526. The number of aryl methyl sites for hydroxylation is 1. The van der Waals surface area contributed by atoms with Gasteiger partial charge in [-0.25, -0.2) is 18.7 Å². The lowest BCUT2D eigenvalue weighted by atomic mass is 9.89. The number of aliphatic hydroxyl groups excluding tert-OH is 1. The Morgan fingerprint density at radius 3 is 2.66 bits per heavy atom. The van der Waals surface area contributed by atoms with Crippen molar-refractivity contribution < 1.29 is 23.5 Å². The normalized spacial score (nSPS) is 24.1. The predicted octanol–water partition coefficient (Wildman–Crippen LogP) is 3.85. The van der Waals surface area contributed by atoms with Crippen molar-refractivity contribution in [3.63, 3.8) is 0 Å². The van der Waals surface area contributed by atoms with Gasteiger partial charge in [-0.3, -0.25) is 9.59 Å². The summed E-state index contributed by atoms with van der Waals surface area (Å²) in [6.45, 7) is 6.88. The molecule has 0 unspecified atom stereocenters. The Labute approximate surface area is 207 Å². The second kappa shape index (κ2) is 9.77. The summed E-state index contributed by atoms with van der Waals surface area (Å²) >= 11 is 1.04. The highest BCUT2D eigenvalue weighted by Gasteiger charge is 2.46. The van der Waals surface area contributed by atoms with E-state index in [9.17, 15) is 23.5 Å². The van der Waals surface area contributed by atoms with Crippen molar-refractivity contribution in [1.82, 2.24) is 20.2 Å². The van der Waals surface area contributed by atoms with Crippen molar-refractivity contribution >= 4 is 29.0 Å². The number of rotatable bonds is 7. The van der Waals surface area contributed by atoms with Gasteiger partial charge in [0.2, 0.25) is 0 Å². The molecule has 0 radical (unpaired) electrons. The van der Waals surface area contributed by atoms with Gasteiger partial charge in [0, 0.05) is 36.3 Å². The van der Waals surface area contributed by atoms with Gasteiger partial charge in [0.1, 0.15) is 11.5 Å². The Kier molecular flexibility index (Phi) is 7.10. The first kappa shape index (κ1) is 25.4. The van der Waals surface area contributed by atoms with Gasteiger partial charge in [-0.15, -0.1) is 11.3 Å². The number of carbonyl (C=O) groups is 2. The van der Waals surface area contributed by atoms with Gasteiger partial charge >= 0.3 is 0 Å². The summed E-state index contributed by atoms with van der Waals surface area (Å²) in [6.07, 6.45) is 2.63. The highest BCUT2D eigenvalue weighted by molar-refractivity contribution is 7.17. The molecule has 2 fully saturated rings. The molecule has 3 heterocycles. The summed E-state index contributed by atoms with van der Waals surface area (Å²) in [6, 6.07) is 1.28. The Bertz CT molecular complexity index is 1120. The van der Waals surface area contributed by atoms with Crippen LogP contribution in [0.1, 0.15) is 72.3 Å². The minimum atomic E-state index is -2.96. The van der Waals surface area contributed by atoms with Gasteiger partial charge < -0.3 is 20.6 Å².